The van der Waals surface area contributed by atoms with E-state index in [0.717, 1.165) is 0 Å². The third-order valence-electron chi connectivity index (χ3n) is 8.07. The number of anilines is 2. The van der Waals surface area contributed by atoms with Gasteiger partial charge in [-0.3, -0.25) is 4.79 Å². The Morgan fingerprint density at radius 3 is 2.57 bits per heavy atom. The lowest BCUT2D eigenvalue weighted by Crippen LogP contribution is -2.41. The number of nitrogens with one attached hydrogen (secondary N) is 2. The van der Waals surface area contributed by atoms with Gasteiger partial charge in [0.2, 0.25) is 28.0 Å². The van der Waals surface area contributed by atoms with E-state index in [2.05, 4.69) is 20.0 Å². The Kier molecular flexibility index (Phi) is 8.68. The van der Waals surface area contributed by atoms with Crippen LogP contribution in [0, 0.1) is 5.41 Å². The average Bonchev–Trinajstić information content (AvgIpc) is 3.39. The number of aromatic nitrogens is 2. The molecule has 1 unspecified atom stereocenters. The fourth-order valence-corrected chi connectivity index (χ4v) is 6.67. The van der Waals surface area contributed by atoms with Crippen LogP contribution in [0.3, 0.4) is 0 Å². The van der Waals surface area contributed by atoms with E-state index < -0.39 is 40.2 Å². The molecule has 16 heteroatoms. The maximum atomic E-state index is 14.6. The van der Waals surface area contributed by atoms with Gasteiger partial charge in [-0.05, 0) is 67.1 Å². The Balaban J connectivity index is 1.44. The molecule has 1 aromatic heterocycles. The van der Waals surface area contributed by atoms with Gasteiger partial charge >= 0.3 is 12.1 Å². The molecular formula is C28H30ClF3N6O5S. The third kappa shape index (κ3) is 6.70. The summed E-state index contributed by atoms with van der Waals surface area (Å²) in [6.07, 6.45) is -5.64. The van der Waals surface area contributed by atoms with Crippen LogP contribution in [-0.4, -0.2) is 68.4 Å². The van der Waals surface area contributed by atoms with Gasteiger partial charge in [0.15, 0.2) is 0 Å². The topological polar surface area (TPSA) is 160 Å². The Morgan fingerprint density at radius 1 is 1.20 bits per heavy atom. The van der Waals surface area contributed by atoms with Crippen molar-refractivity contribution < 1.29 is 36.2 Å². The fraction of sp³-hybridized carbons (Fsp3) is 0.393. The van der Waals surface area contributed by atoms with Gasteiger partial charge in [-0.25, -0.2) is 13.1 Å². The van der Waals surface area contributed by atoms with Gasteiger partial charge in [-0.1, -0.05) is 29.8 Å². The van der Waals surface area contributed by atoms with Crippen molar-refractivity contribution in [3.8, 4) is 17.0 Å². The number of benzene rings is 2. The van der Waals surface area contributed by atoms with Gasteiger partial charge in [0.25, 0.3) is 0 Å². The maximum Gasteiger partial charge on any atom is 0.429 e. The molecule has 0 radical (unpaired) electrons. The molecule has 1 spiro atoms. The quantitative estimate of drug-likeness (QED) is 0.280. The van der Waals surface area contributed by atoms with Crippen molar-refractivity contribution in [3.63, 3.8) is 0 Å². The van der Waals surface area contributed by atoms with Gasteiger partial charge in [0.1, 0.15) is 11.9 Å². The van der Waals surface area contributed by atoms with Gasteiger partial charge in [0.05, 0.1) is 4.90 Å². The second kappa shape index (κ2) is 12.0. The van der Waals surface area contributed by atoms with Crippen LogP contribution < -0.4 is 25.4 Å². The van der Waals surface area contributed by atoms with Crippen LogP contribution in [0.25, 0.3) is 11.1 Å². The normalized spacial score (nSPS) is 19.2. The zero-order valence-electron chi connectivity index (χ0n) is 23.4. The number of hydrogen-bond acceptors (Lipinski definition) is 9. The molecule has 5 rings (SSSR count). The van der Waals surface area contributed by atoms with Crippen LogP contribution in [0.4, 0.5) is 24.9 Å². The first-order valence-corrected chi connectivity index (χ1v) is 15.5. The van der Waals surface area contributed by atoms with E-state index in [1.165, 1.54) is 55.6 Å². The number of rotatable bonds is 8. The standard InChI is InChI=1S/C28H30ClF3N6O5S/c1-34-44(41,42)18-4-2-3-16(11-18)20-12-17(29)5-6-19(20)24(28(30,31)32)43-23-13-22(36-26(33)37-23)38-9-7-27(8-10-38)14-21(25(39)40)35-15-27/h2-6,11-13,21,24,34-35H,7-10,14-15H2,1H3,(H,39,40)(H2,33,36,37)/t21?,24-/m1/s1. The number of hydrogen-bond donors (Lipinski definition) is 4. The summed E-state index contributed by atoms with van der Waals surface area (Å²) in [4.78, 5) is 21.2. The summed E-state index contributed by atoms with van der Waals surface area (Å²) in [6, 6.07) is 9.89. The van der Waals surface area contributed by atoms with Crippen molar-refractivity contribution >= 4 is 39.4 Å². The summed E-state index contributed by atoms with van der Waals surface area (Å²) >= 11 is 6.17. The van der Waals surface area contributed by atoms with E-state index in [-0.39, 0.29) is 43.8 Å². The van der Waals surface area contributed by atoms with Gasteiger partial charge < -0.3 is 25.8 Å². The number of halogens is 4. The van der Waals surface area contributed by atoms with Crippen molar-refractivity contribution in [2.75, 3.05) is 37.3 Å². The van der Waals surface area contributed by atoms with Crippen LogP contribution >= 0.6 is 11.6 Å². The Labute approximate surface area is 256 Å². The first-order valence-electron chi connectivity index (χ1n) is 13.6. The van der Waals surface area contributed by atoms with Gasteiger partial charge in [-0.15, -0.1) is 0 Å². The Bertz CT molecular complexity index is 1670. The van der Waals surface area contributed by atoms with Gasteiger partial charge in [-0.2, -0.15) is 23.1 Å². The number of aliphatic carboxylic acids is 1. The lowest BCUT2D eigenvalue weighted by atomic mass is 9.76. The molecule has 3 aromatic rings. The number of alkyl halides is 3. The predicted molar refractivity (Wildman–Crippen MR) is 157 cm³/mol. The summed E-state index contributed by atoms with van der Waals surface area (Å²) in [6.45, 7) is 1.54. The fourth-order valence-electron chi connectivity index (χ4n) is 5.72. The SMILES string of the molecule is CNS(=O)(=O)c1cccc(-c2cc(Cl)ccc2[C@@H](Oc2cc(N3CCC4(CC3)CNC(C(=O)O)C4)nc(N)n2)C(F)(F)F)c1. The molecule has 236 valence electrons. The molecule has 2 atom stereocenters. The number of ether oxygens (including phenoxy) is 1. The van der Waals surface area contributed by atoms with E-state index >= 15 is 0 Å². The molecule has 2 saturated heterocycles. The number of carboxylic acids is 1. The molecular weight excluding hydrogens is 625 g/mol. The molecule has 2 aliphatic rings. The summed E-state index contributed by atoms with van der Waals surface area (Å²) < 4.78 is 76.3. The molecule has 3 heterocycles. The minimum absolute atomic E-state index is 0.0152. The third-order valence-corrected chi connectivity index (χ3v) is 9.72. The Hall–Kier alpha value is -3.66. The molecule has 0 bridgehead atoms. The van der Waals surface area contributed by atoms with Crippen molar-refractivity contribution in [3.05, 3.63) is 59.1 Å². The van der Waals surface area contributed by atoms with E-state index in [1.54, 1.807) is 0 Å². The first kappa shape index (κ1) is 31.8. The van der Waals surface area contributed by atoms with E-state index in [4.69, 9.17) is 22.1 Å². The lowest BCUT2D eigenvalue weighted by molar-refractivity contribution is -0.198. The number of piperidine rings is 1. The predicted octanol–water partition coefficient (Wildman–Crippen LogP) is 4.00. The highest BCUT2D eigenvalue weighted by Gasteiger charge is 2.46. The molecule has 0 amide bonds. The number of nitrogens with two attached hydrogens (primary N) is 1. The largest absolute Gasteiger partial charge is 0.480 e. The summed E-state index contributed by atoms with van der Waals surface area (Å²) in [5, 5.41) is 12.5. The van der Waals surface area contributed by atoms with E-state index in [0.29, 0.717) is 38.9 Å². The highest BCUT2D eigenvalue weighted by molar-refractivity contribution is 7.89. The minimum atomic E-state index is -4.93. The van der Waals surface area contributed by atoms with Crippen molar-refractivity contribution in [2.24, 2.45) is 5.41 Å². The van der Waals surface area contributed by atoms with Crippen LogP contribution in [0.2, 0.25) is 5.02 Å². The van der Waals surface area contributed by atoms with Crippen molar-refractivity contribution in [1.82, 2.24) is 20.0 Å². The number of carboxylic acid groups (broad SMARTS) is 1. The number of sulfonamides is 1. The zero-order chi connectivity index (χ0) is 31.9. The van der Waals surface area contributed by atoms with Crippen LogP contribution in [0.1, 0.15) is 30.9 Å². The second-order valence-electron chi connectivity index (χ2n) is 10.9. The summed E-state index contributed by atoms with van der Waals surface area (Å²) in [7, 11) is -2.66. The van der Waals surface area contributed by atoms with E-state index in [1.807, 2.05) is 4.90 Å². The highest BCUT2D eigenvalue weighted by atomic mass is 35.5. The van der Waals surface area contributed by atoms with E-state index in [9.17, 15) is 31.5 Å². The minimum Gasteiger partial charge on any atom is -0.480 e. The van der Waals surface area contributed by atoms with Crippen LogP contribution in [0.5, 0.6) is 5.88 Å². The number of nitrogens with zero attached hydrogens (tertiary/aromatic N) is 3. The zero-order valence-corrected chi connectivity index (χ0v) is 25.0. The molecule has 5 N–H and O–H groups in total. The molecule has 2 aromatic carbocycles. The molecule has 0 saturated carbocycles. The highest BCUT2D eigenvalue weighted by Crippen LogP contribution is 2.43. The van der Waals surface area contributed by atoms with Crippen LogP contribution in [-0.2, 0) is 14.8 Å². The molecule has 11 nitrogen and oxygen atoms in total. The first-order chi connectivity index (χ1) is 20.7. The Morgan fingerprint density at radius 2 is 1.93 bits per heavy atom. The number of nitrogen functional groups attached to an aromatic ring is 1. The van der Waals surface area contributed by atoms with Gasteiger partial charge in [0, 0.05) is 36.3 Å². The van der Waals surface area contributed by atoms with Crippen molar-refractivity contribution in [2.45, 2.75) is 42.5 Å². The molecule has 0 aliphatic carbocycles. The molecule has 2 aliphatic heterocycles. The smallest absolute Gasteiger partial charge is 0.429 e. The van der Waals surface area contributed by atoms with Crippen molar-refractivity contribution in [1.29, 1.82) is 0 Å². The van der Waals surface area contributed by atoms with Crippen LogP contribution in [0.15, 0.2) is 53.4 Å². The number of carbonyl (C=O) groups is 1. The summed E-state index contributed by atoms with van der Waals surface area (Å²) in [5.41, 5.74) is 5.59. The lowest BCUT2D eigenvalue weighted by Gasteiger charge is -2.39. The average molecular weight is 655 g/mol. The maximum absolute atomic E-state index is 14.6. The second-order valence-corrected chi connectivity index (χ2v) is 13.2. The molecule has 44 heavy (non-hydrogen) atoms. The summed E-state index contributed by atoms with van der Waals surface area (Å²) in [5.74, 6) is -1.30. The molecule has 2 fully saturated rings. The monoisotopic (exact) mass is 654 g/mol.